The summed E-state index contributed by atoms with van der Waals surface area (Å²) in [6.45, 7) is 1.53. The Morgan fingerprint density at radius 2 is 0.939 bits per heavy atom. The van der Waals surface area contributed by atoms with Crippen molar-refractivity contribution in [2.45, 2.75) is 104 Å². The second-order valence-electron chi connectivity index (χ2n) is 26.1. The minimum absolute atomic E-state index is 0.0250. The first kappa shape index (κ1) is 68.6. The fraction of sp³-hybridized carbons (Fsp3) is 0.357. The maximum Gasteiger partial charge on any atom is 0.254 e. The van der Waals surface area contributed by atoms with E-state index < -0.39 is 11.1 Å². The van der Waals surface area contributed by atoms with E-state index in [0.717, 1.165) is 99.6 Å². The lowest BCUT2D eigenvalue weighted by molar-refractivity contribution is -0.148. The van der Waals surface area contributed by atoms with E-state index in [4.69, 9.17) is 47.8 Å². The number of aliphatic hydroxyl groups is 2. The summed E-state index contributed by atoms with van der Waals surface area (Å²) in [6, 6.07) is 18.5. The monoisotopic (exact) mass is 1450 g/mol. The second kappa shape index (κ2) is 28.0. The molecule has 9 aliphatic rings. The molecule has 8 N–H and O–H groups in total. The van der Waals surface area contributed by atoms with Gasteiger partial charge in [-0.15, -0.1) is 23.2 Å². The van der Waals surface area contributed by atoms with Crippen LogP contribution in [0.1, 0.15) is 103 Å². The Hall–Kier alpha value is -8.96. The minimum atomic E-state index is -0.923. The van der Waals surface area contributed by atoms with Crippen molar-refractivity contribution in [2.24, 2.45) is 0 Å². The predicted octanol–water partition coefficient (Wildman–Crippen LogP) is 6.91. The summed E-state index contributed by atoms with van der Waals surface area (Å²) in [5.74, 6) is -0.523. The molecule has 4 amide bonds. The topological polar surface area (TPSA) is 335 Å². The zero-order valence-corrected chi connectivity index (χ0v) is 56.0. The summed E-state index contributed by atoms with van der Waals surface area (Å²) in [6.07, 6.45) is 11.4. The van der Waals surface area contributed by atoms with Crippen molar-refractivity contribution in [1.82, 2.24) is 61.1 Å². The highest BCUT2D eigenvalue weighted by Crippen LogP contribution is 2.42. The van der Waals surface area contributed by atoms with Gasteiger partial charge in [-0.3, -0.25) is 33.6 Å². The standard InChI is InChI=1S/C21H18ClFN4O2.C21H17FN4O2.C14H10BrFN2O.C7H10ClNO3.C7H9NO3/c22-9-21(10-28)7-15-16(20(29)27-21)14-5-4-12-8-24-19(26-17(12)18(14)25-15)11-2-1-3-13(23)6-11;22-13-3-1-2-11(6-13)19-23-8-12-4-5-14-16-15(24-18(14)17(12)25-19)7-21(9-28-10-21)26-20(16)27;15-11-5-4-9-7-17-14(18-12(9)13(11)19)8-2-1-3-10(16)6-8;8-3-7(4-10)2-5(11)1-6(12)9-7;9-5-1-6(10)8-7(2-5)3-11-4-7/h1-3,6,8,25,28H,4-5,7,9-10H2,(H,27,29);1-3,6,8,24H,4-5,7,9-10H2,(H,26,27);1-3,6-7,11H,4-5H2;10H,1-4H2,(H,9,12);1-4H2,(H,8,10). The fourth-order valence-corrected chi connectivity index (χ4v) is 14.5. The van der Waals surface area contributed by atoms with E-state index in [9.17, 15) is 51.8 Å². The van der Waals surface area contributed by atoms with Crippen LogP contribution in [0.2, 0.25) is 0 Å². The molecule has 8 aromatic rings. The maximum atomic E-state index is 13.6. The van der Waals surface area contributed by atoms with E-state index in [1.165, 1.54) is 36.4 Å². The summed E-state index contributed by atoms with van der Waals surface area (Å²) in [7, 11) is 0. The van der Waals surface area contributed by atoms with E-state index in [0.29, 0.717) is 97.5 Å². The van der Waals surface area contributed by atoms with Crippen LogP contribution < -0.4 is 21.3 Å². The number of fused-ring (bicyclic) bond motifs is 11. The third-order valence-corrected chi connectivity index (χ3v) is 20.5. The number of alkyl halides is 3. The number of carbonyl (C=O) groups is 7. The number of rotatable bonds is 7. The summed E-state index contributed by atoms with van der Waals surface area (Å²) in [5.41, 5.74) is 10.9. The third-order valence-electron chi connectivity index (χ3n) is 18.6. The van der Waals surface area contributed by atoms with Crippen LogP contribution in [0, 0.1) is 17.5 Å². The van der Waals surface area contributed by atoms with Gasteiger partial charge in [-0.1, -0.05) is 52.3 Å². The summed E-state index contributed by atoms with van der Waals surface area (Å²) >= 11 is 14.9. The van der Waals surface area contributed by atoms with Gasteiger partial charge in [-0.2, -0.15) is 0 Å². The van der Waals surface area contributed by atoms with Gasteiger partial charge in [0.1, 0.15) is 34.7 Å². The number of nitrogens with zero attached hydrogens (tertiary/aromatic N) is 6. The number of hydrogen-bond donors (Lipinski definition) is 8. The van der Waals surface area contributed by atoms with E-state index in [1.807, 2.05) is 6.20 Å². The molecule has 0 radical (unpaired) electrons. The van der Waals surface area contributed by atoms with Gasteiger partial charge in [0.15, 0.2) is 23.3 Å². The maximum absolute atomic E-state index is 13.6. The number of ether oxygens (including phenoxy) is 2. The zero-order chi connectivity index (χ0) is 69.5. The molecule has 23 nitrogen and oxygen atoms in total. The van der Waals surface area contributed by atoms with Crippen molar-refractivity contribution in [1.29, 1.82) is 0 Å². The first-order chi connectivity index (χ1) is 47.6. The fourth-order valence-electron chi connectivity index (χ4n) is 13.6. The molecular weight excluding hydrogens is 1390 g/mol. The lowest BCUT2D eigenvalue weighted by atomic mass is 9.84. The minimum Gasteiger partial charge on any atom is -0.394 e. The average molecular weight is 1460 g/mol. The number of nitrogens with one attached hydrogen (secondary N) is 6. The molecule has 6 aliphatic heterocycles. The number of aromatic amines is 2. The lowest BCUT2D eigenvalue weighted by Gasteiger charge is -2.44. The molecule has 3 aromatic carbocycles. The van der Waals surface area contributed by atoms with Gasteiger partial charge in [0.2, 0.25) is 11.8 Å². The van der Waals surface area contributed by atoms with E-state index in [-0.39, 0.29) is 119 Å². The Morgan fingerprint density at radius 1 is 0.515 bits per heavy atom. The molecular formula is C70H64BrCl2F3N12O11. The second-order valence-corrected chi connectivity index (χ2v) is 27.7. The molecule has 99 heavy (non-hydrogen) atoms. The molecule has 3 aliphatic carbocycles. The number of ketones is 3. The van der Waals surface area contributed by atoms with Gasteiger partial charge in [0, 0.05) is 84.1 Å². The Kier molecular flexibility index (Phi) is 19.4. The number of aromatic nitrogens is 8. The number of hydrogen-bond acceptors (Lipinski definition) is 17. The predicted molar refractivity (Wildman–Crippen MR) is 357 cm³/mol. The number of amides is 4. The largest absolute Gasteiger partial charge is 0.394 e. The van der Waals surface area contributed by atoms with Crippen molar-refractivity contribution in [2.75, 3.05) is 51.4 Å². The van der Waals surface area contributed by atoms with Crippen LogP contribution in [0.25, 0.3) is 56.9 Å². The van der Waals surface area contributed by atoms with Crippen LogP contribution in [0.5, 0.6) is 0 Å². The molecule has 3 atom stereocenters. The quantitative estimate of drug-likeness (QED) is 0.0593. The van der Waals surface area contributed by atoms with Crippen LogP contribution in [-0.4, -0.2) is 169 Å². The van der Waals surface area contributed by atoms with Gasteiger partial charge >= 0.3 is 0 Å². The highest BCUT2D eigenvalue weighted by atomic mass is 79.9. The number of aryl methyl sites for hydroxylation is 3. The van der Waals surface area contributed by atoms with Crippen LogP contribution in [0.15, 0.2) is 91.4 Å². The van der Waals surface area contributed by atoms with Crippen LogP contribution in [0.3, 0.4) is 0 Å². The number of aliphatic hydroxyl groups excluding tert-OH is 2. The van der Waals surface area contributed by atoms with E-state index in [2.05, 4.69) is 67.1 Å². The van der Waals surface area contributed by atoms with Crippen LogP contribution in [0.4, 0.5) is 13.2 Å². The SMILES string of the molecule is O=C1CC(=O)NC(CO)(CCl)C1.O=C1CC(=O)NC2(COC2)C1.O=C1NC(CO)(CCl)Cc2[nH]c3c(c21)CCc1cnc(-c2cccc(F)c2)nc1-3.O=C1NC2(COC2)Cc2[nH]c3c(c21)CCc1cnc(-c2cccc(F)c2)nc1-3.O=C1c2nc(-c3cccc(F)c3)ncc2CCC1Br. The number of piperidine rings is 2. The van der Waals surface area contributed by atoms with Gasteiger partial charge in [0.05, 0.1) is 113 Å². The van der Waals surface area contributed by atoms with Gasteiger partial charge in [0.25, 0.3) is 11.8 Å². The smallest absolute Gasteiger partial charge is 0.254 e. The molecule has 4 saturated heterocycles. The number of H-pyrrole nitrogens is 2. The number of benzene rings is 3. The lowest BCUT2D eigenvalue weighted by Crippen LogP contribution is -2.65. The molecule has 5 aromatic heterocycles. The van der Waals surface area contributed by atoms with Crippen molar-refractivity contribution in [3.05, 3.63) is 165 Å². The molecule has 3 unspecified atom stereocenters. The number of halogens is 6. The average Bonchev–Trinajstić information content (AvgIpc) is 1.60. The molecule has 4 fully saturated rings. The third kappa shape index (κ3) is 14.1. The molecule has 0 saturated carbocycles. The summed E-state index contributed by atoms with van der Waals surface area (Å²) < 4.78 is 50.7. The van der Waals surface area contributed by atoms with E-state index in [1.54, 1.807) is 48.8 Å². The normalized spacial score (nSPS) is 21.4. The Bertz CT molecular complexity index is 4560. The Morgan fingerprint density at radius 3 is 1.37 bits per heavy atom. The number of Topliss-reactive ketones (excluding diaryl/α,β-unsaturated/α-hetero) is 3. The summed E-state index contributed by atoms with van der Waals surface area (Å²) in [4.78, 5) is 115. The molecule has 11 heterocycles. The first-order valence-corrected chi connectivity index (χ1v) is 33.9. The van der Waals surface area contributed by atoms with Crippen molar-refractivity contribution in [3.8, 4) is 56.9 Å². The molecule has 29 heteroatoms. The van der Waals surface area contributed by atoms with Gasteiger partial charge < -0.3 is 50.9 Å². The number of carbonyl (C=O) groups excluding carboxylic acids is 7. The van der Waals surface area contributed by atoms with Crippen molar-refractivity contribution < 1.29 is 66.4 Å². The molecule has 17 rings (SSSR count). The zero-order valence-electron chi connectivity index (χ0n) is 52.9. The first-order valence-electron chi connectivity index (χ1n) is 31.9. The summed E-state index contributed by atoms with van der Waals surface area (Å²) in [5, 5.41) is 30.0. The van der Waals surface area contributed by atoms with Gasteiger partial charge in [-0.05, 0) is 103 Å². The van der Waals surface area contributed by atoms with Crippen molar-refractivity contribution in [3.63, 3.8) is 0 Å². The van der Waals surface area contributed by atoms with E-state index >= 15 is 0 Å². The van der Waals surface area contributed by atoms with Gasteiger partial charge in [-0.25, -0.2) is 43.1 Å². The molecule has 0 bridgehead atoms. The highest BCUT2D eigenvalue weighted by Gasteiger charge is 2.48. The van der Waals surface area contributed by atoms with Crippen LogP contribution in [-0.2, 0) is 73.6 Å². The Balaban J connectivity index is 0.000000117. The van der Waals surface area contributed by atoms with Crippen LogP contribution >= 0.6 is 39.1 Å². The molecule has 512 valence electrons. The molecule has 2 spiro atoms. The highest BCUT2D eigenvalue weighted by molar-refractivity contribution is 9.10. The van der Waals surface area contributed by atoms with Crippen molar-refractivity contribution >= 4 is 80.1 Å². The Labute approximate surface area is 581 Å².